The largest absolute Gasteiger partial charge is 0.377 e. The maximum absolute atomic E-state index is 13.6. The smallest absolute Gasteiger partial charge is 0.191 e. The molecule has 2 N–H and O–H groups in total. The molecule has 1 heterocycles. The summed E-state index contributed by atoms with van der Waals surface area (Å²) in [6.45, 7) is 7.43. The minimum Gasteiger partial charge on any atom is -0.377 e. The molecule has 0 radical (unpaired) electrons. The number of guanidine groups is 1. The minimum absolute atomic E-state index is 0. The summed E-state index contributed by atoms with van der Waals surface area (Å²) in [4.78, 5) is 4.52. The molecule has 0 fully saturated rings. The molecule has 0 saturated carbocycles. The molecule has 2 rings (SSSR count). The monoisotopic (exact) mass is 447 g/mol. The van der Waals surface area contributed by atoms with Crippen molar-refractivity contribution in [2.75, 3.05) is 26.3 Å². The molecule has 0 saturated heterocycles. The fraction of sp³-hybridized carbons (Fsp3) is 0.500. The van der Waals surface area contributed by atoms with Crippen molar-refractivity contribution in [1.82, 2.24) is 10.6 Å². The highest BCUT2D eigenvalue weighted by molar-refractivity contribution is 14.0. The van der Waals surface area contributed by atoms with Crippen LogP contribution in [0.25, 0.3) is 0 Å². The van der Waals surface area contributed by atoms with E-state index in [-0.39, 0.29) is 29.8 Å². The third kappa shape index (κ3) is 7.17. The first-order valence-corrected chi connectivity index (χ1v) is 8.22. The van der Waals surface area contributed by atoms with Crippen LogP contribution >= 0.6 is 24.0 Å². The summed E-state index contributed by atoms with van der Waals surface area (Å²) in [5.74, 6) is 0.586. The van der Waals surface area contributed by atoms with Gasteiger partial charge < -0.3 is 15.4 Å². The maximum Gasteiger partial charge on any atom is 0.191 e. The lowest BCUT2D eigenvalue weighted by molar-refractivity contribution is 0.153. The summed E-state index contributed by atoms with van der Waals surface area (Å²) in [5.41, 5.74) is 2.96. The zero-order valence-electron chi connectivity index (χ0n) is 14.4. The van der Waals surface area contributed by atoms with E-state index in [9.17, 15) is 4.39 Å². The second-order valence-electron chi connectivity index (χ2n) is 5.64. The molecule has 1 aromatic rings. The van der Waals surface area contributed by atoms with E-state index in [1.807, 2.05) is 13.0 Å². The lowest BCUT2D eigenvalue weighted by Gasteiger charge is -2.15. The summed E-state index contributed by atoms with van der Waals surface area (Å²) >= 11 is 0. The number of hydrogen-bond donors (Lipinski definition) is 2. The molecule has 1 aromatic carbocycles. The molecule has 0 bridgehead atoms. The van der Waals surface area contributed by atoms with Gasteiger partial charge in [-0.15, -0.1) is 24.0 Å². The van der Waals surface area contributed by atoms with Crippen molar-refractivity contribution in [3.05, 3.63) is 46.8 Å². The first kappa shape index (κ1) is 20.9. The number of hydrogen-bond acceptors (Lipinski definition) is 2. The number of benzene rings is 1. The van der Waals surface area contributed by atoms with Crippen LogP contribution in [-0.2, 0) is 11.3 Å². The number of ether oxygens (including phenoxy) is 1. The summed E-state index contributed by atoms with van der Waals surface area (Å²) in [6, 6.07) is 5.26. The highest BCUT2D eigenvalue weighted by Gasteiger charge is 2.04. The van der Waals surface area contributed by atoms with Crippen LogP contribution in [0.3, 0.4) is 0 Å². The van der Waals surface area contributed by atoms with Crippen LogP contribution < -0.4 is 10.6 Å². The number of aliphatic imine (C=N–C) groups is 1. The molecule has 0 atom stereocenters. The second kappa shape index (κ2) is 11.4. The number of rotatable bonds is 6. The van der Waals surface area contributed by atoms with Crippen molar-refractivity contribution in [3.63, 3.8) is 0 Å². The lowest BCUT2D eigenvalue weighted by atomic mass is 10.1. The van der Waals surface area contributed by atoms with E-state index < -0.39 is 0 Å². The van der Waals surface area contributed by atoms with Crippen molar-refractivity contribution >= 4 is 29.9 Å². The lowest BCUT2D eigenvalue weighted by Crippen LogP contribution is -2.38. The zero-order valence-corrected chi connectivity index (χ0v) is 16.7. The van der Waals surface area contributed by atoms with Crippen LogP contribution in [0, 0.1) is 12.7 Å². The van der Waals surface area contributed by atoms with E-state index in [1.54, 1.807) is 19.1 Å². The fourth-order valence-electron chi connectivity index (χ4n) is 2.38. The zero-order chi connectivity index (χ0) is 16.5. The Balaban J connectivity index is 0.00000288. The molecule has 0 amide bonds. The molecule has 0 aliphatic carbocycles. The fourth-order valence-corrected chi connectivity index (χ4v) is 2.38. The van der Waals surface area contributed by atoms with E-state index >= 15 is 0 Å². The molecule has 0 spiro atoms. The van der Waals surface area contributed by atoms with E-state index in [0.717, 1.165) is 50.7 Å². The third-order valence-electron chi connectivity index (χ3n) is 3.80. The van der Waals surface area contributed by atoms with Gasteiger partial charge in [-0.2, -0.15) is 0 Å². The van der Waals surface area contributed by atoms with Gasteiger partial charge in [0.15, 0.2) is 5.96 Å². The number of aryl methyl sites for hydroxylation is 1. The third-order valence-corrected chi connectivity index (χ3v) is 3.80. The molecule has 1 aliphatic rings. The Morgan fingerprint density at radius 2 is 2.17 bits per heavy atom. The molecule has 0 aromatic heterocycles. The molecule has 6 heteroatoms. The molecule has 134 valence electrons. The van der Waals surface area contributed by atoms with Crippen molar-refractivity contribution in [3.8, 4) is 0 Å². The summed E-state index contributed by atoms with van der Waals surface area (Å²) in [7, 11) is 0. The van der Waals surface area contributed by atoms with Gasteiger partial charge in [-0.25, -0.2) is 9.38 Å². The number of nitrogens with one attached hydrogen (secondary N) is 2. The van der Waals surface area contributed by atoms with Crippen molar-refractivity contribution in [1.29, 1.82) is 0 Å². The first-order valence-electron chi connectivity index (χ1n) is 8.22. The van der Waals surface area contributed by atoms with Gasteiger partial charge in [0.1, 0.15) is 5.82 Å². The molecule has 1 aliphatic heterocycles. The van der Waals surface area contributed by atoms with E-state index in [1.165, 1.54) is 5.57 Å². The Hall–Kier alpha value is -1.15. The van der Waals surface area contributed by atoms with E-state index in [0.29, 0.717) is 12.1 Å². The van der Waals surface area contributed by atoms with Gasteiger partial charge in [0, 0.05) is 13.1 Å². The number of nitrogens with zero attached hydrogens (tertiary/aromatic N) is 1. The highest BCUT2D eigenvalue weighted by Crippen LogP contribution is 2.11. The average Bonchev–Trinajstić information content (AvgIpc) is 2.56. The van der Waals surface area contributed by atoms with Gasteiger partial charge in [-0.05, 0) is 43.9 Å². The molecule has 4 nitrogen and oxygen atoms in total. The standard InChI is InChI=1S/C18H26FN3O.HI/c1-3-20-18(21-9-6-15-7-10-23-11-8-15)22-13-16-5-4-14(2)17(19)12-16;/h4-5,7,12H,3,6,8-11,13H2,1-2H3,(H2,20,21,22);1H. The first-order chi connectivity index (χ1) is 11.2. The predicted octanol–water partition coefficient (Wildman–Crippen LogP) is 3.54. The minimum atomic E-state index is -0.179. The number of halogens is 2. The summed E-state index contributed by atoms with van der Waals surface area (Å²) < 4.78 is 18.9. The molecule has 0 unspecified atom stereocenters. The van der Waals surface area contributed by atoms with Gasteiger partial charge in [-0.1, -0.05) is 23.8 Å². The highest BCUT2D eigenvalue weighted by atomic mass is 127. The normalized spacial score (nSPS) is 14.6. The Morgan fingerprint density at radius 1 is 1.33 bits per heavy atom. The van der Waals surface area contributed by atoms with Crippen LogP contribution in [0.5, 0.6) is 0 Å². The summed E-state index contributed by atoms with van der Waals surface area (Å²) in [6.07, 6.45) is 4.16. The van der Waals surface area contributed by atoms with Crippen molar-refractivity contribution < 1.29 is 9.13 Å². The van der Waals surface area contributed by atoms with Gasteiger partial charge in [0.25, 0.3) is 0 Å². The predicted molar refractivity (Wildman–Crippen MR) is 108 cm³/mol. The molecule has 24 heavy (non-hydrogen) atoms. The molecular formula is C18H27FIN3O. The van der Waals surface area contributed by atoms with Gasteiger partial charge in [-0.3, -0.25) is 0 Å². The Bertz CT molecular complexity index is 575. The second-order valence-corrected chi connectivity index (χ2v) is 5.64. The SMILES string of the molecule is CCNC(=NCc1ccc(C)c(F)c1)NCCC1=CCOCC1.I. The van der Waals surface area contributed by atoms with Crippen LogP contribution in [-0.4, -0.2) is 32.3 Å². The Morgan fingerprint density at radius 3 is 2.83 bits per heavy atom. The Kier molecular flexibility index (Phi) is 9.94. The van der Waals surface area contributed by atoms with Crippen LogP contribution in [0.15, 0.2) is 34.8 Å². The van der Waals surface area contributed by atoms with E-state index in [2.05, 4.69) is 21.7 Å². The Labute approximate surface area is 161 Å². The summed E-state index contributed by atoms with van der Waals surface area (Å²) in [5, 5.41) is 6.55. The van der Waals surface area contributed by atoms with Gasteiger partial charge in [0.05, 0.1) is 19.8 Å². The van der Waals surface area contributed by atoms with Crippen LogP contribution in [0.1, 0.15) is 30.9 Å². The van der Waals surface area contributed by atoms with Crippen LogP contribution in [0.4, 0.5) is 4.39 Å². The van der Waals surface area contributed by atoms with Crippen molar-refractivity contribution in [2.24, 2.45) is 4.99 Å². The van der Waals surface area contributed by atoms with Gasteiger partial charge in [0.2, 0.25) is 0 Å². The quantitative estimate of drug-likeness (QED) is 0.304. The maximum atomic E-state index is 13.6. The van der Waals surface area contributed by atoms with Gasteiger partial charge >= 0.3 is 0 Å². The topological polar surface area (TPSA) is 45.7 Å². The van der Waals surface area contributed by atoms with Crippen LogP contribution in [0.2, 0.25) is 0 Å². The molecular weight excluding hydrogens is 420 g/mol. The average molecular weight is 447 g/mol. The van der Waals surface area contributed by atoms with E-state index in [4.69, 9.17) is 4.74 Å². The van der Waals surface area contributed by atoms with Crippen molar-refractivity contribution in [2.45, 2.75) is 33.2 Å².